The molecule has 1 aromatic rings. The van der Waals surface area contributed by atoms with Crippen molar-refractivity contribution in [1.29, 1.82) is 0 Å². The van der Waals surface area contributed by atoms with Crippen molar-refractivity contribution in [3.8, 4) is 5.88 Å². The van der Waals surface area contributed by atoms with Crippen molar-refractivity contribution >= 4 is 5.95 Å². The molecule has 1 aliphatic carbocycles. The van der Waals surface area contributed by atoms with Crippen LogP contribution in [-0.4, -0.2) is 16.6 Å². The van der Waals surface area contributed by atoms with Crippen LogP contribution in [-0.2, 0) is 0 Å². The Morgan fingerprint density at radius 3 is 2.71 bits per heavy atom. The minimum atomic E-state index is -0.548. The van der Waals surface area contributed by atoms with Crippen LogP contribution in [0.4, 0.5) is 10.3 Å². The third-order valence-electron chi connectivity index (χ3n) is 3.16. The Kier molecular flexibility index (Phi) is 4.12. The molecule has 0 bridgehead atoms. The molecule has 2 rings (SSSR count). The smallest absolute Gasteiger partial charge is 0.255 e. The summed E-state index contributed by atoms with van der Waals surface area (Å²) in [5.74, 6) is -0.0232. The van der Waals surface area contributed by atoms with E-state index in [4.69, 9.17) is 10.5 Å². The second-order valence-corrected chi connectivity index (χ2v) is 4.55. The summed E-state index contributed by atoms with van der Waals surface area (Å²) in [5, 5.41) is 0. The summed E-state index contributed by atoms with van der Waals surface area (Å²) in [5.41, 5.74) is 5.39. The number of hydrogen-bond acceptors (Lipinski definition) is 4. The summed E-state index contributed by atoms with van der Waals surface area (Å²) < 4.78 is 18.7. The van der Waals surface area contributed by atoms with Gasteiger partial charge in [-0.2, -0.15) is 9.37 Å². The number of nitrogens with two attached hydrogens (primary N) is 1. The first-order valence-corrected chi connectivity index (χ1v) is 6.16. The predicted molar refractivity (Wildman–Crippen MR) is 63.1 cm³/mol. The molecule has 5 heteroatoms. The fraction of sp³-hybridized carbons (Fsp3) is 0.667. The van der Waals surface area contributed by atoms with Gasteiger partial charge in [-0.1, -0.05) is 25.7 Å². The standard InChI is InChI=1S/C12H18FN3O/c13-10-7-15-12(14)16-11(10)17-8-9-5-3-1-2-4-6-9/h7,9H,1-6,8H2,(H2,14,15,16). The van der Waals surface area contributed by atoms with Gasteiger partial charge in [0.05, 0.1) is 12.8 Å². The van der Waals surface area contributed by atoms with Gasteiger partial charge in [-0.3, -0.25) is 0 Å². The fourth-order valence-corrected chi connectivity index (χ4v) is 2.19. The summed E-state index contributed by atoms with van der Waals surface area (Å²) in [6.45, 7) is 0.521. The third-order valence-corrected chi connectivity index (χ3v) is 3.16. The predicted octanol–water partition coefficient (Wildman–Crippen LogP) is 2.55. The molecule has 0 spiro atoms. The van der Waals surface area contributed by atoms with Gasteiger partial charge in [0.15, 0.2) is 0 Å². The molecule has 1 aliphatic rings. The van der Waals surface area contributed by atoms with Gasteiger partial charge in [0.1, 0.15) is 0 Å². The number of aromatic nitrogens is 2. The van der Waals surface area contributed by atoms with Crippen molar-refractivity contribution in [2.24, 2.45) is 5.92 Å². The van der Waals surface area contributed by atoms with Crippen LogP contribution in [0, 0.1) is 11.7 Å². The Morgan fingerprint density at radius 1 is 1.29 bits per heavy atom. The topological polar surface area (TPSA) is 61.0 Å². The van der Waals surface area contributed by atoms with E-state index in [1.165, 1.54) is 25.7 Å². The van der Waals surface area contributed by atoms with Crippen molar-refractivity contribution < 1.29 is 9.13 Å². The highest BCUT2D eigenvalue weighted by Gasteiger charge is 2.15. The molecule has 0 atom stereocenters. The molecule has 0 aliphatic heterocycles. The number of halogens is 1. The van der Waals surface area contributed by atoms with Crippen molar-refractivity contribution in [1.82, 2.24) is 9.97 Å². The average molecular weight is 239 g/mol. The van der Waals surface area contributed by atoms with E-state index in [0.717, 1.165) is 19.0 Å². The number of ether oxygens (including phenoxy) is 1. The maximum atomic E-state index is 13.3. The van der Waals surface area contributed by atoms with Gasteiger partial charge in [0.2, 0.25) is 11.8 Å². The van der Waals surface area contributed by atoms with Crippen molar-refractivity contribution in [2.75, 3.05) is 12.3 Å². The highest BCUT2D eigenvalue weighted by atomic mass is 19.1. The Bertz CT molecular complexity index is 365. The number of anilines is 1. The maximum absolute atomic E-state index is 13.3. The second-order valence-electron chi connectivity index (χ2n) is 4.55. The second kappa shape index (κ2) is 5.80. The van der Waals surface area contributed by atoms with E-state index in [-0.39, 0.29) is 11.8 Å². The van der Waals surface area contributed by atoms with Gasteiger partial charge in [0, 0.05) is 0 Å². The lowest BCUT2D eigenvalue weighted by atomic mass is 10.0. The molecule has 1 heterocycles. The minimum absolute atomic E-state index is 0.0262. The molecule has 0 saturated heterocycles. The Hall–Kier alpha value is -1.39. The highest BCUT2D eigenvalue weighted by Crippen LogP contribution is 2.24. The Labute approximate surface area is 100 Å². The average Bonchev–Trinajstić information content (AvgIpc) is 2.59. The van der Waals surface area contributed by atoms with Crippen LogP contribution in [0.1, 0.15) is 38.5 Å². The molecule has 1 saturated carbocycles. The zero-order valence-corrected chi connectivity index (χ0v) is 9.86. The van der Waals surface area contributed by atoms with Gasteiger partial charge in [-0.05, 0) is 18.8 Å². The van der Waals surface area contributed by atoms with Crippen LogP contribution in [0.5, 0.6) is 5.88 Å². The zero-order valence-electron chi connectivity index (χ0n) is 9.86. The normalized spacial score (nSPS) is 17.7. The van der Waals surface area contributed by atoms with Crippen LogP contribution < -0.4 is 10.5 Å². The highest BCUT2D eigenvalue weighted by molar-refractivity contribution is 5.22. The van der Waals surface area contributed by atoms with Crippen LogP contribution in [0.15, 0.2) is 6.20 Å². The minimum Gasteiger partial charge on any atom is -0.475 e. The first-order chi connectivity index (χ1) is 8.25. The number of nitrogen functional groups attached to an aromatic ring is 1. The van der Waals surface area contributed by atoms with E-state index in [9.17, 15) is 4.39 Å². The zero-order chi connectivity index (χ0) is 12.1. The molecule has 0 aromatic carbocycles. The maximum Gasteiger partial charge on any atom is 0.255 e. The lowest BCUT2D eigenvalue weighted by Gasteiger charge is -2.14. The number of hydrogen-bond donors (Lipinski definition) is 1. The monoisotopic (exact) mass is 239 g/mol. The molecule has 1 aromatic heterocycles. The summed E-state index contributed by atoms with van der Waals surface area (Å²) in [4.78, 5) is 7.31. The fourth-order valence-electron chi connectivity index (χ4n) is 2.19. The van der Waals surface area contributed by atoms with Gasteiger partial charge in [-0.15, -0.1) is 0 Å². The molecule has 0 radical (unpaired) electrons. The largest absolute Gasteiger partial charge is 0.475 e. The lowest BCUT2D eigenvalue weighted by molar-refractivity contribution is 0.217. The molecule has 17 heavy (non-hydrogen) atoms. The van der Waals surface area contributed by atoms with Crippen molar-refractivity contribution in [3.63, 3.8) is 0 Å². The van der Waals surface area contributed by atoms with E-state index >= 15 is 0 Å². The van der Waals surface area contributed by atoms with E-state index in [1.807, 2.05) is 0 Å². The van der Waals surface area contributed by atoms with Gasteiger partial charge in [-0.25, -0.2) is 4.98 Å². The van der Waals surface area contributed by atoms with Gasteiger partial charge >= 0.3 is 0 Å². The Balaban J connectivity index is 1.89. The molecule has 2 N–H and O–H groups in total. The quantitative estimate of drug-likeness (QED) is 0.823. The summed E-state index contributed by atoms with van der Waals surface area (Å²) in [7, 11) is 0. The van der Waals surface area contributed by atoms with Gasteiger partial charge < -0.3 is 10.5 Å². The molecular formula is C12H18FN3O. The third kappa shape index (κ3) is 3.54. The van der Waals surface area contributed by atoms with E-state index in [2.05, 4.69) is 9.97 Å². The SMILES string of the molecule is Nc1ncc(F)c(OCC2CCCCCC2)n1. The summed E-state index contributed by atoms with van der Waals surface area (Å²) in [6, 6.07) is 0. The lowest BCUT2D eigenvalue weighted by Crippen LogP contribution is -2.13. The van der Waals surface area contributed by atoms with Gasteiger partial charge in [0.25, 0.3) is 5.88 Å². The molecular weight excluding hydrogens is 221 g/mol. The molecule has 1 fully saturated rings. The van der Waals surface area contributed by atoms with Crippen LogP contribution in [0.25, 0.3) is 0 Å². The van der Waals surface area contributed by atoms with Crippen molar-refractivity contribution in [3.05, 3.63) is 12.0 Å². The van der Waals surface area contributed by atoms with E-state index in [0.29, 0.717) is 12.5 Å². The molecule has 4 nitrogen and oxygen atoms in total. The Morgan fingerprint density at radius 2 is 2.00 bits per heavy atom. The van der Waals surface area contributed by atoms with Crippen LogP contribution in [0.3, 0.4) is 0 Å². The summed E-state index contributed by atoms with van der Waals surface area (Å²) >= 11 is 0. The number of nitrogens with zero attached hydrogens (tertiary/aromatic N) is 2. The summed E-state index contributed by atoms with van der Waals surface area (Å²) in [6.07, 6.45) is 8.43. The van der Waals surface area contributed by atoms with Crippen LogP contribution in [0.2, 0.25) is 0 Å². The van der Waals surface area contributed by atoms with E-state index in [1.54, 1.807) is 0 Å². The van der Waals surface area contributed by atoms with Crippen molar-refractivity contribution in [2.45, 2.75) is 38.5 Å². The molecule has 0 amide bonds. The number of rotatable bonds is 3. The van der Waals surface area contributed by atoms with Crippen LogP contribution >= 0.6 is 0 Å². The van der Waals surface area contributed by atoms with E-state index < -0.39 is 5.82 Å². The molecule has 0 unspecified atom stereocenters. The first kappa shape index (κ1) is 12.1. The molecule has 94 valence electrons. The first-order valence-electron chi connectivity index (χ1n) is 6.16.